The fourth-order valence-electron chi connectivity index (χ4n) is 2.69. The van der Waals surface area contributed by atoms with Crippen LogP contribution >= 0.6 is 0 Å². The van der Waals surface area contributed by atoms with Crippen molar-refractivity contribution in [3.63, 3.8) is 0 Å². The van der Waals surface area contributed by atoms with Crippen LogP contribution in [0.25, 0.3) is 0 Å². The van der Waals surface area contributed by atoms with Crippen LogP contribution in [-0.4, -0.2) is 37.9 Å². The molecule has 1 aromatic heterocycles. The minimum Gasteiger partial charge on any atom is -0.396 e. The van der Waals surface area contributed by atoms with Crippen molar-refractivity contribution in [3.05, 3.63) is 18.3 Å². The summed E-state index contributed by atoms with van der Waals surface area (Å²) >= 11 is 0. The van der Waals surface area contributed by atoms with Gasteiger partial charge in [-0.2, -0.15) is 0 Å². The topological polar surface area (TPSA) is 79.3 Å². The Morgan fingerprint density at radius 1 is 1.30 bits per heavy atom. The largest absolute Gasteiger partial charge is 0.396 e. The SMILES string of the molecule is CS(=O)(=O)c1ccc(NCC2(CO)CCCCC2)cn1. The lowest BCUT2D eigenvalue weighted by molar-refractivity contribution is 0.0944. The van der Waals surface area contributed by atoms with E-state index in [1.54, 1.807) is 6.07 Å². The third-order valence-corrected chi connectivity index (χ3v) is 5.03. The third-order valence-electron chi connectivity index (χ3n) is 4.03. The summed E-state index contributed by atoms with van der Waals surface area (Å²) < 4.78 is 22.7. The molecule has 6 heteroatoms. The second-order valence-electron chi connectivity index (χ2n) is 5.73. The predicted octanol–water partition coefficient (Wildman–Crippen LogP) is 1.84. The van der Waals surface area contributed by atoms with Gasteiger partial charge in [0.15, 0.2) is 14.9 Å². The standard InChI is InChI=1S/C14H22N2O3S/c1-20(18,19)13-6-5-12(9-15-13)16-10-14(11-17)7-3-2-4-8-14/h5-6,9,16-17H,2-4,7-8,10-11H2,1H3. The highest BCUT2D eigenvalue weighted by Gasteiger charge is 2.31. The minimum atomic E-state index is -3.25. The van der Waals surface area contributed by atoms with Crippen LogP contribution in [0.2, 0.25) is 0 Å². The summed E-state index contributed by atoms with van der Waals surface area (Å²) in [5, 5.41) is 13.0. The molecule has 0 saturated heterocycles. The first-order valence-corrected chi connectivity index (χ1v) is 8.85. The van der Waals surface area contributed by atoms with Gasteiger partial charge in [0, 0.05) is 18.2 Å². The fourth-order valence-corrected chi connectivity index (χ4v) is 3.25. The monoisotopic (exact) mass is 298 g/mol. The molecule has 0 radical (unpaired) electrons. The van der Waals surface area contributed by atoms with Gasteiger partial charge < -0.3 is 10.4 Å². The van der Waals surface area contributed by atoms with Crippen LogP contribution in [-0.2, 0) is 9.84 Å². The van der Waals surface area contributed by atoms with Crippen molar-refractivity contribution in [2.24, 2.45) is 5.41 Å². The van der Waals surface area contributed by atoms with E-state index in [1.807, 2.05) is 0 Å². The molecule has 0 atom stereocenters. The molecule has 0 bridgehead atoms. The smallest absolute Gasteiger partial charge is 0.192 e. The zero-order valence-electron chi connectivity index (χ0n) is 11.8. The Balaban J connectivity index is 2.00. The summed E-state index contributed by atoms with van der Waals surface area (Å²) in [4.78, 5) is 3.95. The Bertz CT molecular complexity index is 534. The number of rotatable bonds is 5. The average molecular weight is 298 g/mol. The van der Waals surface area contributed by atoms with Crippen molar-refractivity contribution in [1.29, 1.82) is 0 Å². The van der Waals surface area contributed by atoms with Gasteiger partial charge in [-0.25, -0.2) is 13.4 Å². The maximum Gasteiger partial charge on any atom is 0.192 e. The average Bonchev–Trinajstić information content (AvgIpc) is 2.46. The van der Waals surface area contributed by atoms with E-state index < -0.39 is 9.84 Å². The van der Waals surface area contributed by atoms with Crippen LogP contribution in [0, 0.1) is 5.41 Å². The number of nitrogens with one attached hydrogen (secondary N) is 1. The van der Waals surface area contributed by atoms with Crippen molar-refractivity contribution in [2.45, 2.75) is 37.1 Å². The number of pyridine rings is 1. The number of hydrogen-bond donors (Lipinski definition) is 2. The first-order valence-electron chi connectivity index (χ1n) is 6.96. The van der Waals surface area contributed by atoms with E-state index >= 15 is 0 Å². The van der Waals surface area contributed by atoms with Crippen molar-refractivity contribution in [1.82, 2.24) is 4.98 Å². The fraction of sp³-hybridized carbons (Fsp3) is 0.643. The predicted molar refractivity (Wildman–Crippen MR) is 78.4 cm³/mol. The van der Waals surface area contributed by atoms with Crippen LogP contribution in [0.1, 0.15) is 32.1 Å². The summed E-state index contributed by atoms with van der Waals surface area (Å²) in [6, 6.07) is 3.22. The van der Waals surface area contributed by atoms with Crippen LogP contribution in [0.15, 0.2) is 23.4 Å². The lowest BCUT2D eigenvalue weighted by atomic mass is 9.74. The van der Waals surface area contributed by atoms with E-state index in [1.165, 1.54) is 18.7 Å². The first-order chi connectivity index (χ1) is 9.45. The molecule has 0 amide bonds. The van der Waals surface area contributed by atoms with E-state index in [4.69, 9.17) is 0 Å². The lowest BCUT2D eigenvalue weighted by Gasteiger charge is -2.36. The molecule has 1 fully saturated rings. The normalized spacial score (nSPS) is 18.7. The van der Waals surface area contributed by atoms with Gasteiger partial charge in [0.2, 0.25) is 0 Å². The van der Waals surface area contributed by atoms with Gasteiger partial charge in [-0.15, -0.1) is 0 Å². The molecule has 2 rings (SSSR count). The zero-order valence-corrected chi connectivity index (χ0v) is 12.6. The molecule has 1 saturated carbocycles. The summed E-state index contributed by atoms with van der Waals surface area (Å²) in [6.07, 6.45) is 8.31. The van der Waals surface area contributed by atoms with E-state index in [2.05, 4.69) is 10.3 Å². The molecular weight excluding hydrogens is 276 g/mol. The second-order valence-corrected chi connectivity index (χ2v) is 7.69. The van der Waals surface area contributed by atoms with Gasteiger partial charge in [-0.05, 0) is 25.0 Å². The Labute approximate surface area is 120 Å². The van der Waals surface area contributed by atoms with Crippen molar-refractivity contribution in [2.75, 3.05) is 24.7 Å². The molecule has 20 heavy (non-hydrogen) atoms. The van der Waals surface area contributed by atoms with Crippen molar-refractivity contribution < 1.29 is 13.5 Å². The minimum absolute atomic E-state index is 0.0479. The highest BCUT2D eigenvalue weighted by atomic mass is 32.2. The van der Waals surface area contributed by atoms with Crippen LogP contribution in [0.5, 0.6) is 0 Å². The number of aromatic nitrogens is 1. The Morgan fingerprint density at radius 3 is 2.50 bits per heavy atom. The van der Waals surface area contributed by atoms with Gasteiger partial charge in [-0.3, -0.25) is 0 Å². The summed E-state index contributed by atoms with van der Waals surface area (Å²) in [5.41, 5.74) is 0.740. The van der Waals surface area contributed by atoms with Gasteiger partial charge in [0.25, 0.3) is 0 Å². The summed E-state index contributed by atoms with van der Waals surface area (Å²) in [6.45, 7) is 0.887. The Kier molecular flexibility index (Phi) is 4.65. The van der Waals surface area contributed by atoms with Gasteiger partial charge in [0.05, 0.1) is 18.5 Å². The molecule has 0 unspecified atom stereocenters. The second kappa shape index (κ2) is 6.10. The Hall–Kier alpha value is -1.14. The van der Waals surface area contributed by atoms with Crippen LogP contribution in [0.4, 0.5) is 5.69 Å². The highest BCUT2D eigenvalue weighted by Crippen LogP contribution is 2.35. The van der Waals surface area contributed by atoms with E-state index in [-0.39, 0.29) is 17.0 Å². The quantitative estimate of drug-likeness (QED) is 0.867. The molecular formula is C14H22N2O3S. The molecule has 1 aromatic rings. The molecule has 2 N–H and O–H groups in total. The molecule has 5 nitrogen and oxygen atoms in total. The Morgan fingerprint density at radius 2 is 2.00 bits per heavy atom. The molecule has 1 aliphatic rings. The third kappa shape index (κ3) is 3.70. The number of hydrogen-bond acceptors (Lipinski definition) is 5. The summed E-state index contributed by atoms with van der Waals surface area (Å²) in [5.74, 6) is 0. The van der Waals surface area contributed by atoms with Gasteiger partial charge >= 0.3 is 0 Å². The number of sulfone groups is 1. The molecule has 112 valence electrons. The maximum absolute atomic E-state index is 11.3. The molecule has 1 heterocycles. The van der Waals surface area contributed by atoms with Gasteiger partial charge in [-0.1, -0.05) is 19.3 Å². The van der Waals surface area contributed by atoms with Crippen molar-refractivity contribution in [3.8, 4) is 0 Å². The van der Waals surface area contributed by atoms with Crippen LogP contribution in [0.3, 0.4) is 0 Å². The molecule has 0 aliphatic heterocycles. The molecule has 0 aromatic carbocycles. The van der Waals surface area contributed by atoms with Crippen LogP contribution < -0.4 is 5.32 Å². The van der Waals surface area contributed by atoms with Gasteiger partial charge in [0.1, 0.15) is 0 Å². The number of anilines is 1. The number of nitrogens with zero attached hydrogens (tertiary/aromatic N) is 1. The molecule has 1 aliphatic carbocycles. The maximum atomic E-state index is 11.3. The van der Waals surface area contributed by atoms with E-state index in [9.17, 15) is 13.5 Å². The summed E-state index contributed by atoms with van der Waals surface area (Å²) in [7, 11) is -3.25. The van der Waals surface area contributed by atoms with E-state index in [0.29, 0.717) is 6.54 Å². The van der Waals surface area contributed by atoms with Crippen molar-refractivity contribution >= 4 is 15.5 Å². The molecule has 0 spiro atoms. The highest BCUT2D eigenvalue weighted by molar-refractivity contribution is 7.90. The first kappa shape index (κ1) is 15.3. The lowest BCUT2D eigenvalue weighted by Crippen LogP contribution is -2.35. The zero-order chi connectivity index (χ0) is 14.6. The van der Waals surface area contributed by atoms with E-state index in [0.717, 1.165) is 37.6 Å². The number of aliphatic hydroxyl groups excluding tert-OH is 1. The number of aliphatic hydroxyl groups is 1.